The molecule has 1 amide bonds. The van der Waals surface area contributed by atoms with Crippen LogP contribution in [0.5, 0.6) is 0 Å². The summed E-state index contributed by atoms with van der Waals surface area (Å²) in [5.74, 6) is 0.802. The van der Waals surface area contributed by atoms with Gasteiger partial charge in [-0.3, -0.25) is 4.79 Å². The number of carbonyl (C=O) groups excluding carboxylic acids is 1. The van der Waals surface area contributed by atoms with Crippen LogP contribution in [0.3, 0.4) is 0 Å². The highest BCUT2D eigenvalue weighted by atomic mass is 16.1. The third kappa shape index (κ3) is 3.82. The maximum absolute atomic E-state index is 11.8. The molecule has 2 N–H and O–H groups in total. The number of nitrogens with zero attached hydrogens (tertiary/aromatic N) is 1. The Bertz CT molecular complexity index is 596. The van der Waals surface area contributed by atoms with Crippen molar-refractivity contribution >= 4 is 11.7 Å². The number of rotatable bonds is 5. The van der Waals surface area contributed by atoms with Crippen molar-refractivity contribution < 1.29 is 4.79 Å². The van der Waals surface area contributed by atoms with Gasteiger partial charge < -0.3 is 10.6 Å². The molecule has 4 heteroatoms. The van der Waals surface area contributed by atoms with Gasteiger partial charge in [-0.2, -0.15) is 0 Å². The third-order valence-electron chi connectivity index (χ3n) is 2.89. The first kappa shape index (κ1) is 14.1. The lowest BCUT2D eigenvalue weighted by atomic mass is 10.1. The Morgan fingerprint density at radius 1 is 1.20 bits per heavy atom. The highest BCUT2D eigenvalue weighted by molar-refractivity contribution is 5.94. The Hall–Kier alpha value is -2.36. The molecule has 4 nitrogen and oxygen atoms in total. The van der Waals surface area contributed by atoms with E-state index in [1.54, 1.807) is 0 Å². The zero-order chi connectivity index (χ0) is 14.4. The number of hydrogen-bond donors (Lipinski definition) is 2. The van der Waals surface area contributed by atoms with Crippen molar-refractivity contribution in [1.29, 1.82) is 0 Å². The Morgan fingerprint density at radius 3 is 2.75 bits per heavy atom. The molecule has 104 valence electrons. The molecule has 1 heterocycles. The lowest BCUT2D eigenvalue weighted by Gasteiger charge is -2.08. The fraction of sp³-hybridized carbons (Fsp3) is 0.250. The van der Waals surface area contributed by atoms with Crippen molar-refractivity contribution in [2.24, 2.45) is 0 Å². The maximum Gasteiger partial charge on any atom is 0.251 e. The second kappa shape index (κ2) is 6.70. The molecule has 0 bridgehead atoms. The standard InChI is InChI=1S/C16H19N3O/c1-3-17-16(20)14-8-5-7-13(10-14)11-18-15-9-4-6-12(2)19-15/h4-10H,3,11H2,1-2H3,(H,17,20)(H,18,19). The largest absolute Gasteiger partial charge is 0.366 e. The summed E-state index contributed by atoms with van der Waals surface area (Å²) < 4.78 is 0. The van der Waals surface area contributed by atoms with Crippen molar-refractivity contribution in [1.82, 2.24) is 10.3 Å². The number of aryl methyl sites for hydroxylation is 1. The van der Waals surface area contributed by atoms with E-state index in [2.05, 4.69) is 15.6 Å². The van der Waals surface area contributed by atoms with Gasteiger partial charge in [-0.05, 0) is 43.7 Å². The first-order valence-electron chi connectivity index (χ1n) is 6.73. The minimum Gasteiger partial charge on any atom is -0.366 e. The number of hydrogen-bond acceptors (Lipinski definition) is 3. The van der Waals surface area contributed by atoms with Crippen LogP contribution >= 0.6 is 0 Å². The number of pyridine rings is 1. The third-order valence-corrected chi connectivity index (χ3v) is 2.89. The van der Waals surface area contributed by atoms with E-state index in [0.29, 0.717) is 18.7 Å². The van der Waals surface area contributed by atoms with Crippen LogP contribution < -0.4 is 10.6 Å². The predicted molar refractivity (Wildman–Crippen MR) is 80.7 cm³/mol. The number of amides is 1. The van der Waals surface area contributed by atoms with Gasteiger partial charge in [-0.15, -0.1) is 0 Å². The topological polar surface area (TPSA) is 54.0 Å². The van der Waals surface area contributed by atoms with E-state index in [9.17, 15) is 4.79 Å². The first-order valence-corrected chi connectivity index (χ1v) is 6.73. The number of aromatic nitrogens is 1. The van der Waals surface area contributed by atoms with Crippen molar-refractivity contribution in [3.8, 4) is 0 Å². The van der Waals surface area contributed by atoms with E-state index in [1.807, 2.05) is 56.3 Å². The van der Waals surface area contributed by atoms with Gasteiger partial charge in [-0.25, -0.2) is 4.98 Å². The van der Waals surface area contributed by atoms with E-state index >= 15 is 0 Å². The molecule has 0 saturated carbocycles. The lowest BCUT2D eigenvalue weighted by molar-refractivity contribution is 0.0955. The average Bonchev–Trinajstić information content (AvgIpc) is 2.46. The van der Waals surface area contributed by atoms with Crippen LogP contribution in [0.1, 0.15) is 28.5 Å². The summed E-state index contributed by atoms with van der Waals surface area (Å²) in [4.78, 5) is 16.2. The molecule has 0 unspecified atom stereocenters. The molecule has 20 heavy (non-hydrogen) atoms. The molecular weight excluding hydrogens is 250 g/mol. The second-order valence-electron chi connectivity index (χ2n) is 4.58. The first-order chi connectivity index (χ1) is 9.69. The minimum absolute atomic E-state index is 0.0389. The fourth-order valence-electron chi connectivity index (χ4n) is 1.92. The van der Waals surface area contributed by atoms with Gasteiger partial charge in [0.05, 0.1) is 0 Å². The predicted octanol–water partition coefficient (Wildman–Crippen LogP) is 2.75. The summed E-state index contributed by atoms with van der Waals surface area (Å²) in [7, 11) is 0. The SMILES string of the molecule is CCNC(=O)c1cccc(CNc2cccc(C)n2)c1. The Balaban J connectivity index is 2.03. The van der Waals surface area contributed by atoms with E-state index in [-0.39, 0.29) is 5.91 Å². The molecule has 0 fully saturated rings. The molecule has 1 aromatic carbocycles. The van der Waals surface area contributed by atoms with Gasteiger partial charge in [0.25, 0.3) is 5.91 Å². The molecule has 2 rings (SSSR count). The van der Waals surface area contributed by atoms with E-state index in [1.165, 1.54) is 0 Å². The van der Waals surface area contributed by atoms with Gasteiger partial charge in [0.2, 0.25) is 0 Å². The summed E-state index contributed by atoms with van der Waals surface area (Å²) in [6.07, 6.45) is 0. The average molecular weight is 269 g/mol. The molecule has 2 aromatic rings. The highest BCUT2D eigenvalue weighted by Crippen LogP contribution is 2.09. The van der Waals surface area contributed by atoms with Crippen molar-refractivity contribution in [2.45, 2.75) is 20.4 Å². The van der Waals surface area contributed by atoms with E-state index < -0.39 is 0 Å². The van der Waals surface area contributed by atoms with Crippen LogP contribution in [-0.2, 0) is 6.54 Å². The van der Waals surface area contributed by atoms with Crippen molar-refractivity contribution in [2.75, 3.05) is 11.9 Å². The Kier molecular flexibility index (Phi) is 4.71. The van der Waals surface area contributed by atoms with Gasteiger partial charge in [0, 0.05) is 24.3 Å². The normalized spacial score (nSPS) is 10.1. The van der Waals surface area contributed by atoms with Crippen molar-refractivity contribution in [3.05, 3.63) is 59.3 Å². The van der Waals surface area contributed by atoms with Crippen LogP contribution in [0.25, 0.3) is 0 Å². The van der Waals surface area contributed by atoms with Gasteiger partial charge in [0.15, 0.2) is 0 Å². The maximum atomic E-state index is 11.8. The van der Waals surface area contributed by atoms with Gasteiger partial charge >= 0.3 is 0 Å². The van der Waals surface area contributed by atoms with Crippen LogP contribution in [0.2, 0.25) is 0 Å². The number of benzene rings is 1. The van der Waals surface area contributed by atoms with Crippen LogP contribution in [-0.4, -0.2) is 17.4 Å². The Morgan fingerprint density at radius 2 is 2.00 bits per heavy atom. The highest BCUT2D eigenvalue weighted by Gasteiger charge is 2.04. The number of carbonyl (C=O) groups is 1. The number of nitrogens with one attached hydrogen (secondary N) is 2. The molecular formula is C16H19N3O. The van der Waals surface area contributed by atoms with Gasteiger partial charge in [-0.1, -0.05) is 18.2 Å². The van der Waals surface area contributed by atoms with Crippen LogP contribution in [0.4, 0.5) is 5.82 Å². The molecule has 1 aromatic heterocycles. The summed E-state index contributed by atoms with van der Waals surface area (Å²) in [6.45, 7) is 5.14. The van der Waals surface area contributed by atoms with E-state index in [0.717, 1.165) is 17.1 Å². The molecule has 0 aliphatic carbocycles. The van der Waals surface area contributed by atoms with Crippen LogP contribution in [0, 0.1) is 6.92 Å². The molecule has 0 aliphatic heterocycles. The summed E-state index contributed by atoms with van der Waals surface area (Å²) in [5.41, 5.74) is 2.71. The quantitative estimate of drug-likeness (QED) is 0.877. The molecule has 0 saturated heterocycles. The summed E-state index contributed by atoms with van der Waals surface area (Å²) in [6, 6.07) is 13.5. The van der Waals surface area contributed by atoms with E-state index in [4.69, 9.17) is 0 Å². The smallest absolute Gasteiger partial charge is 0.251 e. The summed E-state index contributed by atoms with van der Waals surface area (Å²) >= 11 is 0. The zero-order valence-electron chi connectivity index (χ0n) is 11.8. The molecule has 0 aliphatic rings. The second-order valence-corrected chi connectivity index (χ2v) is 4.58. The molecule has 0 spiro atoms. The lowest BCUT2D eigenvalue weighted by Crippen LogP contribution is -2.22. The Labute approximate surface area is 119 Å². The monoisotopic (exact) mass is 269 g/mol. The van der Waals surface area contributed by atoms with Gasteiger partial charge in [0.1, 0.15) is 5.82 Å². The zero-order valence-corrected chi connectivity index (χ0v) is 11.8. The summed E-state index contributed by atoms with van der Waals surface area (Å²) in [5, 5.41) is 6.06. The number of anilines is 1. The fourth-order valence-corrected chi connectivity index (χ4v) is 1.92. The molecule has 0 atom stereocenters. The van der Waals surface area contributed by atoms with Crippen LogP contribution in [0.15, 0.2) is 42.5 Å². The molecule has 0 radical (unpaired) electrons. The minimum atomic E-state index is -0.0389. The van der Waals surface area contributed by atoms with Crippen molar-refractivity contribution in [3.63, 3.8) is 0 Å².